The van der Waals surface area contributed by atoms with E-state index in [9.17, 15) is 9.59 Å². The topological polar surface area (TPSA) is 89.0 Å². The van der Waals surface area contributed by atoms with Crippen LogP contribution in [0.5, 0.6) is 5.75 Å². The fourth-order valence-electron chi connectivity index (χ4n) is 2.88. The van der Waals surface area contributed by atoms with Crippen LogP contribution < -0.4 is 15.4 Å². The monoisotopic (exact) mass is 445 g/mol. The fraction of sp³-hybridized carbons (Fsp3) is 0.286. The number of esters is 1. The van der Waals surface area contributed by atoms with Crippen LogP contribution in [0.25, 0.3) is 0 Å². The molecule has 9 heteroatoms. The lowest BCUT2D eigenvalue weighted by molar-refractivity contribution is -0.139. The van der Waals surface area contributed by atoms with Gasteiger partial charge < -0.3 is 20.1 Å². The third-order valence-corrected chi connectivity index (χ3v) is 6.03. The SMILES string of the molecule is CCOC(=O)C1=C(C)NC(SCC(=O)Nc2cccc(OC)c2)=N[C@H]1c1cccs1. The lowest BCUT2D eigenvalue weighted by atomic mass is 10.0. The molecule has 158 valence electrons. The van der Waals surface area contributed by atoms with Crippen LogP contribution in [0.15, 0.2) is 58.0 Å². The van der Waals surface area contributed by atoms with Crippen molar-refractivity contribution in [3.8, 4) is 5.75 Å². The summed E-state index contributed by atoms with van der Waals surface area (Å²) in [5, 5.41) is 8.50. The Morgan fingerprint density at radius 2 is 2.13 bits per heavy atom. The highest BCUT2D eigenvalue weighted by atomic mass is 32.2. The smallest absolute Gasteiger partial charge is 0.338 e. The average Bonchev–Trinajstić information content (AvgIpc) is 3.27. The summed E-state index contributed by atoms with van der Waals surface area (Å²) in [6.07, 6.45) is 0. The molecule has 1 aliphatic heterocycles. The first kappa shape index (κ1) is 21.9. The number of ether oxygens (including phenoxy) is 2. The molecule has 3 rings (SSSR count). The molecule has 0 unspecified atom stereocenters. The summed E-state index contributed by atoms with van der Waals surface area (Å²) in [5.41, 5.74) is 1.83. The maximum atomic E-state index is 12.5. The van der Waals surface area contributed by atoms with Crippen molar-refractivity contribution in [3.05, 3.63) is 57.9 Å². The van der Waals surface area contributed by atoms with E-state index in [0.717, 1.165) is 4.88 Å². The zero-order valence-corrected chi connectivity index (χ0v) is 18.6. The van der Waals surface area contributed by atoms with Crippen molar-refractivity contribution < 1.29 is 19.1 Å². The number of thiophene rings is 1. The number of carbonyl (C=O) groups is 2. The number of amides is 1. The lowest BCUT2D eigenvalue weighted by Crippen LogP contribution is -2.31. The summed E-state index contributed by atoms with van der Waals surface area (Å²) >= 11 is 2.81. The molecule has 0 saturated carbocycles. The molecule has 0 fully saturated rings. The zero-order valence-electron chi connectivity index (χ0n) is 16.9. The van der Waals surface area contributed by atoms with E-state index >= 15 is 0 Å². The van der Waals surface area contributed by atoms with Gasteiger partial charge in [0.05, 0.1) is 25.0 Å². The molecular weight excluding hydrogens is 422 g/mol. The van der Waals surface area contributed by atoms with Crippen LogP contribution in [0.2, 0.25) is 0 Å². The molecule has 1 aliphatic rings. The summed E-state index contributed by atoms with van der Waals surface area (Å²) < 4.78 is 10.4. The van der Waals surface area contributed by atoms with Gasteiger partial charge in [0.25, 0.3) is 0 Å². The molecule has 0 bridgehead atoms. The van der Waals surface area contributed by atoms with Gasteiger partial charge in [-0.15, -0.1) is 11.3 Å². The zero-order chi connectivity index (χ0) is 21.5. The minimum atomic E-state index is -0.450. The second kappa shape index (κ2) is 10.3. The van der Waals surface area contributed by atoms with Gasteiger partial charge in [0.2, 0.25) is 5.91 Å². The van der Waals surface area contributed by atoms with Crippen molar-refractivity contribution >= 4 is 45.8 Å². The number of anilines is 1. The molecule has 2 N–H and O–H groups in total. The summed E-state index contributed by atoms with van der Waals surface area (Å²) in [5.74, 6) is 0.292. The molecule has 2 heterocycles. The first-order chi connectivity index (χ1) is 14.5. The van der Waals surface area contributed by atoms with E-state index < -0.39 is 6.04 Å². The lowest BCUT2D eigenvalue weighted by Gasteiger charge is -2.24. The Labute approximate surface area is 183 Å². The van der Waals surface area contributed by atoms with Crippen LogP contribution in [0, 0.1) is 0 Å². The number of allylic oxidation sites excluding steroid dienone is 1. The summed E-state index contributed by atoms with van der Waals surface area (Å²) in [6, 6.07) is 10.6. The molecule has 0 saturated heterocycles. The molecule has 0 aliphatic carbocycles. The Hall–Kier alpha value is -2.78. The number of benzene rings is 1. The van der Waals surface area contributed by atoms with Gasteiger partial charge in [0.15, 0.2) is 5.17 Å². The average molecular weight is 446 g/mol. The van der Waals surface area contributed by atoms with Crippen molar-refractivity contribution in [2.24, 2.45) is 4.99 Å². The molecule has 0 spiro atoms. The Balaban J connectivity index is 1.69. The second-order valence-corrected chi connectivity index (χ2v) is 8.25. The number of thioether (sulfide) groups is 1. The minimum absolute atomic E-state index is 0.164. The third-order valence-electron chi connectivity index (χ3n) is 4.22. The number of carbonyl (C=O) groups excluding carboxylic acids is 2. The molecule has 7 nitrogen and oxygen atoms in total. The molecule has 0 radical (unpaired) electrons. The minimum Gasteiger partial charge on any atom is -0.497 e. The summed E-state index contributed by atoms with van der Waals surface area (Å²) in [4.78, 5) is 30.5. The van der Waals surface area contributed by atoms with Gasteiger partial charge >= 0.3 is 5.97 Å². The van der Waals surface area contributed by atoms with E-state index in [1.54, 1.807) is 26.2 Å². The maximum absolute atomic E-state index is 12.5. The van der Waals surface area contributed by atoms with Gasteiger partial charge in [-0.3, -0.25) is 4.79 Å². The van der Waals surface area contributed by atoms with E-state index in [4.69, 9.17) is 9.47 Å². The maximum Gasteiger partial charge on any atom is 0.338 e. The molecule has 1 amide bonds. The number of nitrogens with zero attached hydrogens (tertiary/aromatic N) is 1. The highest BCUT2D eigenvalue weighted by Gasteiger charge is 2.31. The highest BCUT2D eigenvalue weighted by molar-refractivity contribution is 8.14. The predicted octanol–water partition coefficient (Wildman–Crippen LogP) is 3.97. The van der Waals surface area contributed by atoms with Gasteiger partial charge in [-0.25, -0.2) is 9.79 Å². The van der Waals surface area contributed by atoms with Crippen LogP contribution in [0.3, 0.4) is 0 Å². The van der Waals surface area contributed by atoms with Crippen LogP contribution in [-0.4, -0.2) is 36.5 Å². The van der Waals surface area contributed by atoms with E-state index in [-0.39, 0.29) is 17.6 Å². The van der Waals surface area contributed by atoms with Crippen molar-refractivity contribution in [1.29, 1.82) is 0 Å². The fourth-order valence-corrected chi connectivity index (χ4v) is 4.39. The molecule has 1 aromatic heterocycles. The van der Waals surface area contributed by atoms with E-state index in [0.29, 0.717) is 34.5 Å². The summed E-state index contributed by atoms with van der Waals surface area (Å²) in [6.45, 7) is 3.89. The number of rotatable bonds is 7. The van der Waals surface area contributed by atoms with E-state index in [1.165, 1.54) is 23.1 Å². The van der Waals surface area contributed by atoms with Gasteiger partial charge in [0.1, 0.15) is 11.8 Å². The Bertz CT molecular complexity index is 970. The van der Waals surface area contributed by atoms with Crippen molar-refractivity contribution in [3.63, 3.8) is 0 Å². The van der Waals surface area contributed by atoms with Crippen molar-refractivity contribution in [1.82, 2.24) is 5.32 Å². The van der Waals surface area contributed by atoms with Crippen LogP contribution in [0.1, 0.15) is 24.8 Å². The number of methoxy groups -OCH3 is 1. The van der Waals surface area contributed by atoms with Gasteiger partial charge in [0, 0.05) is 22.3 Å². The Kier molecular flexibility index (Phi) is 7.53. The summed E-state index contributed by atoms with van der Waals surface area (Å²) in [7, 11) is 1.58. The van der Waals surface area contributed by atoms with Gasteiger partial charge in [-0.05, 0) is 37.4 Å². The highest BCUT2D eigenvalue weighted by Crippen LogP contribution is 2.35. The van der Waals surface area contributed by atoms with Crippen molar-refractivity contribution in [2.75, 3.05) is 24.8 Å². The third kappa shape index (κ3) is 5.43. The first-order valence-corrected chi connectivity index (χ1v) is 11.2. The standard InChI is InChI=1S/C21H23N3O4S2/c1-4-28-20(26)18-13(2)22-21(24-19(18)16-9-6-10-29-16)30-12-17(25)23-14-7-5-8-15(11-14)27-3/h5-11,19H,4,12H2,1-3H3,(H,22,24)(H,23,25)/t19-/m0/s1. The number of hydrogen-bond acceptors (Lipinski definition) is 8. The van der Waals surface area contributed by atoms with E-state index in [1.807, 2.05) is 36.6 Å². The van der Waals surface area contributed by atoms with Crippen LogP contribution in [0.4, 0.5) is 5.69 Å². The largest absolute Gasteiger partial charge is 0.497 e. The van der Waals surface area contributed by atoms with Crippen molar-refractivity contribution in [2.45, 2.75) is 19.9 Å². The van der Waals surface area contributed by atoms with Gasteiger partial charge in [-0.1, -0.05) is 23.9 Å². The first-order valence-electron chi connectivity index (χ1n) is 9.34. The van der Waals surface area contributed by atoms with E-state index in [2.05, 4.69) is 15.6 Å². The number of amidine groups is 1. The van der Waals surface area contributed by atoms with Crippen LogP contribution >= 0.6 is 23.1 Å². The predicted molar refractivity (Wildman–Crippen MR) is 121 cm³/mol. The molecular formula is C21H23N3O4S2. The molecule has 1 aromatic carbocycles. The number of nitrogens with one attached hydrogen (secondary N) is 2. The second-order valence-electron chi connectivity index (χ2n) is 6.31. The Morgan fingerprint density at radius 3 is 2.83 bits per heavy atom. The molecule has 1 atom stereocenters. The van der Waals surface area contributed by atoms with Crippen LogP contribution in [-0.2, 0) is 14.3 Å². The van der Waals surface area contributed by atoms with Gasteiger partial charge in [-0.2, -0.15) is 0 Å². The molecule has 30 heavy (non-hydrogen) atoms. The normalized spacial score (nSPS) is 15.8. The number of aliphatic imine (C=N–C) groups is 1. The Morgan fingerprint density at radius 1 is 1.30 bits per heavy atom. The number of hydrogen-bond donors (Lipinski definition) is 2. The quantitative estimate of drug-likeness (QED) is 0.627. The molecule has 2 aromatic rings.